The molecule has 0 aliphatic carbocycles. The summed E-state index contributed by atoms with van der Waals surface area (Å²) in [5, 5.41) is 1.07. The van der Waals surface area contributed by atoms with Crippen molar-refractivity contribution in [3.63, 3.8) is 0 Å². The Balaban J connectivity index is 2.56. The topological polar surface area (TPSA) is 12.9 Å². The zero-order valence-corrected chi connectivity index (χ0v) is 10.1. The van der Waals surface area contributed by atoms with E-state index >= 15 is 0 Å². The predicted octanol–water partition coefficient (Wildman–Crippen LogP) is 4.78. The summed E-state index contributed by atoms with van der Waals surface area (Å²) in [7, 11) is 0. The van der Waals surface area contributed by atoms with Gasteiger partial charge in [0.1, 0.15) is 5.69 Å². The standard InChI is InChI=1S/C13H12ClF2N/c1-2-3-8-4-5-11-9(6-8)10(14)7-12(17-11)13(15)16/h4-7,13H,2-3H2,1H3. The van der Waals surface area contributed by atoms with E-state index in [-0.39, 0.29) is 5.69 Å². The molecule has 4 heteroatoms. The van der Waals surface area contributed by atoms with Crippen LogP contribution in [0.25, 0.3) is 10.9 Å². The number of pyridine rings is 1. The van der Waals surface area contributed by atoms with Gasteiger partial charge in [-0.25, -0.2) is 13.8 Å². The zero-order chi connectivity index (χ0) is 12.4. The maximum Gasteiger partial charge on any atom is 0.280 e. The Labute approximate surface area is 103 Å². The lowest BCUT2D eigenvalue weighted by atomic mass is 10.1. The third-order valence-electron chi connectivity index (χ3n) is 2.60. The van der Waals surface area contributed by atoms with Gasteiger partial charge in [0, 0.05) is 5.39 Å². The van der Waals surface area contributed by atoms with Crippen LogP contribution in [0.3, 0.4) is 0 Å². The summed E-state index contributed by atoms with van der Waals surface area (Å²) in [6.07, 6.45) is -0.610. The molecule has 0 spiro atoms. The second-order valence-electron chi connectivity index (χ2n) is 3.93. The van der Waals surface area contributed by atoms with Gasteiger partial charge in [0.05, 0.1) is 10.5 Å². The smallest absolute Gasteiger partial charge is 0.247 e. The van der Waals surface area contributed by atoms with E-state index in [0.717, 1.165) is 23.8 Å². The first-order chi connectivity index (χ1) is 8.11. The molecule has 1 heterocycles. The van der Waals surface area contributed by atoms with Crippen LogP contribution in [0.15, 0.2) is 24.3 Å². The van der Waals surface area contributed by atoms with Crippen LogP contribution in [0.4, 0.5) is 8.78 Å². The van der Waals surface area contributed by atoms with Crippen LogP contribution >= 0.6 is 11.6 Å². The molecule has 2 aromatic rings. The lowest BCUT2D eigenvalue weighted by Gasteiger charge is -2.06. The highest BCUT2D eigenvalue weighted by Gasteiger charge is 2.12. The van der Waals surface area contributed by atoms with Gasteiger partial charge in [-0.1, -0.05) is 31.0 Å². The molecule has 0 aliphatic heterocycles. The average molecular weight is 256 g/mol. The van der Waals surface area contributed by atoms with Crippen LogP contribution in [-0.2, 0) is 6.42 Å². The third-order valence-corrected chi connectivity index (χ3v) is 2.92. The van der Waals surface area contributed by atoms with Gasteiger partial charge < -0.3 is 0 Å². The lowest BCUT2D eigenvalue weighted by molar-refractivity contribution is 0.146. The van der Waals surface area contributed by atoms with Gasteiger partial charge >= 0.3 is 0 Å². The van der Waals surface area contributed by atoms with Crippen LogP contribution < -0.4 is 0 Å². The highest BCUT2D eigenvalue weighted by Crippen LogP contribution is 2.28. The van der Waals surface area contributed by atoms with Crippen molar-refractivity contribution in [2.45, 2.75) is 26.2 Å². The number of nitrogens with zero attached hydrogens (tertiary/aromatic N) is 1. The summed E-state index contributed by atoms with van der Waals surface area (Å²) in [5.74, 6) is 0. The molecule has 1 aromatic carbocycles. The molecular weight excluding hydrogens is 244 g/mol. The molecule has 2 rings (SSSR count). The fourth-order valence-corrected chi connectivity index (χ4v) is 2.07. The Bertz CT molecular complexity index is 540. The van der Waals surface area contributed by atoms with Crippen molar-refractivity contribution in [2.24, 2.45) is 0 Å². The summed E-state index contributed by atoms with van der Waals surface area (Å²) < 4.78 is 25.1. The van der Waals surface area contributed by atoms with Crippen LogP contribution in [0.5, 0.6) is 0 Å². The van der Waals surface area contributed by atoms with E-state index < -0.39 is 6.43 Å². The molecule has 0 aliphatic rings. The molecule has 0 atom stereocenters. The number of fused-ring (bicyclic) bond motifs is 1. The molecule has 1 nitrogen and oxygen atoms in total. The van der Waals surface area contributed by atoms with Gasteiger partial charge in [0.25, 0.3) is 6.43 Å². The third kappa shape index (κ3) is 2.55. The van der Waals surface area contributed by atoms with Crippen LogP contribution in [0.1, 0.15) is 31.0 Å². The van der Waals surface area contributed by atoms with Crippen molar-refractivity contribution in [3.05, 3.63) is 40.5 Å². The normalized spacial score (nSPS) is 11.4. The van der Waals surface area contributed by atoms with Gasteiger partial charge in [-0.2, -0.15) is 0 Å². The van der Waals surface area contributed by atoms with Gasteiger partial charge in [-0.05, 0) is 30.2 Å². The van der Waals surface area contributed by atoms with E-state index in [4.69, 9.17) is 11.6 Å². The number of hydrogen-bond acceptors (Lipinski definition) is 1. The second-order valence-corrected chi connectivity index (χ2v) is 4.34. The average Bonchev–Trinajstić information content (AvgIpc) is 2.30. The largest absolute Gasteiger partial charge is 0.280 e. The molecule has 17 heavy (non-hydrogen) atoms. The summed E-state index contributed by atoms with van der Waals surface area (Å²) in [4.78, 5) is 3.90. The molecule has 0 amide bonds. The van der Waals surface area contributed by atoms with Crippen molar-refractivity contribution in [3.8, 4) is 0 Å². The molecule has 0 saturated heterocycles. The highest BCUT2D eigenvalue weighted by molar-refractivity contribution is 6.35. The van der Waals surface area contributed by atoms with Crippen LogP contribution in [0.2, 0.25) is 5.02 Å². The number of benzene rings is 1. The second kappa shape index (κ2) is 4.96. The fraction of sp³-hybridized carbons (Fsp3) is 0.308. The number of alkyl halides is 2. The zero-order valence-electron chi connectivity index (χ0n) is 9.38. The minimum atomic E-state index is -2.59. The van der Waals surface area contributed by atoms with E-state index in [0.29, 0.717) is 10.5 Å². The first kappa shape index (κ1) is 12.2. The lowest BCUT2D eigenvalue weighted by Crippen LogP contribution is -1.92. The van der Waals surface area contributed by atoms with E-state index in [9.17, 15) is 8.78 Å². The van der Waals surface area contributed by atoms with E-state index in [2.05, 4.69) is 11.9 Å². The first-order valence-corrected chi connectivity index (χ1v) is 5.87. The van der Waals surface area contributed by atoms with Crippen molar-refractivity contribution in [2.75, 3.05) is 0 Å². The fourth-order valence-electron chi connectivity index (χ4n) is 1.81. The Morgan fingerprint density at radius 2 is 2.06 bits per heavy atom. The van der Waals surface area contributed by atoms with Crippen LogP contribution in [0, 0.1) is 0 Å². The number of rotatable bonds is 3. The van der Waals surface area contributed by atoms with E-state index in [1.807, 2.05) is 12.1 Å². The molecule has 0 unspecified atom stereocenters. The number of aryl methyl sites for hydroxylation is 1. The molecular formula is C13H12ClF2N. The van der Waals surface area contributed by atoms with Crippen molar-refractivity contribution < 1.29 is 8.78 Å². The molecule has 0 bridgehead atoms. The molecule has 0 radical (unpaired) electrons. The molecule has 0 saturated carbocycles. The number of halogens is 3. The maximum absolute atomic E-state index is 12.6. The minimum Gasteiger partial charge on any atom is -0.247 e. The van der Waals surface area contributed by atoms with Crippen LogP contribution in [-0.4, -0.2) is 4.98 Å². The molecule has 0 fully saturated rings. The molecule has 90 valence electrons. The summed E-state index contributed by atoms with van der Waals surface area (Å²) >= 11 is 6.01. The Kier molecular flexibility index (Phi) is 3.57. The summed E-state index contributed by atoms with van der Waals surface area (Å²) in [5.41, 5.74) is 1.40. The monoisotopic (exact) mass is 255 g/mol. The highest BCUT2D eigenvalue weighted by atomic mass is 35.5. The summed E-state index contributed by atoms with van der Waals surface area (Å²) in [6.45, 7) is 2.09. The van der Waals surface area contributed by atoms with Crippen molar-refractivity contribution in [1.82, 2.24) is 4.98 Å². The molecule has 0 N–H and O–H groups in total. The van der Waals surface area contributed by atoms with Gasteiger partial charge in [-0.3, -0.25) is 0 Å². The van der Waals surface area contributed by atoms with E-state index in [1.54, 1.807) is 6.07 Å². The molecule has 1 aromatic heterocycles. The maximum atomic E-state index is 12.6. The van der Waals surface area contributed by atoms with Gasteiger partial charge in [-0.15, -0.1) is 0 Å². The van der Waals surface area contributed by atoms with E-state index in [1.165, 1.54) is 6.07 Å². The first-order valence-electron chi connectivity index (χ1n) is 5.49. The Hall–Kier alpha value is -1.22. The number of aromatic nitrogens is 1. The minimum absolute atomic E-state index is 0.272. The quantitative estimate of drug-likeness (QED) is 0.769. The predicted molar refractivity (Wildman–Crippen MR) is 65.7 cm³/mol. The van der Waals surface area contributed by atoms with Crippen molar-refractivity contribution in [1.29, 1.82) is 0 Å². The Morgan fingerprint density at radius 3 is 2.71 bits per heavy atom. The van der Waals surface area contributed by atoms with Gasteiger partial charge in [0.15, 0.2) is 0 Å². The van der Waals surface area contributed by atoms with Gasteiger partial charge in [0.2, 0.25) is 0 Å². The Morgan fingerprint density at radius 1 is 1.29 bits per heavy atom. The van der Waals surface area contributed by atoms with Crippen molar-refractivity contribution >= 4 is 22.5 Å². The SMILES string of the molecule is CCCc1ccc2nc(C(F)F)cc(Cl)c2c1. The number of hydrogen-bond donors (Lipinski definition) is 0. The summed E-state index contributed by atoms with van der Waals surface area (Å²) in [6, 6.07) is 6.82.